The van der Waals surface area contributed by atoms with Crippen LogP contribution in [0.5, 0.6) is 0 Å². The molecular weight excluding hydrogens is 544 g/mol. The number of carbonyl (C=O) groups is 1. The van der Waals surface area contributed by atoms with Crippen LogP contribution in [0.4, 0.5) is 5.69 Å². The fourth-order valence-corrected chi connectivity index (χ4v) is 4.97. The smallest absolute Gasteiger partial charge is 0.278 e. The van der Waals surface area contributed by atoms with Crippen molar-refractivity contribution in [2.24, 2.45) is 10.2 Å². The number of carbonyl (C=O) groups excluding carboxylic acids is 1. The highest BCUT2D eigenvalue weighted by Crippen LogP contribution is 2.19. The van der Waals surface area contributed by atoms with Crippen LogP contribution < -0.4 is 16.1 Å². The SMILES string of the molecule is NS(=O)(=O)c1ccc(CCn2c(SCC(=O)N/N=C/c3ccccc3[N+](=O)[O-])nc3ccccc3c2=O)cc1. The van der Waals surface area contributed by atoms with Gasteiger partial charge in [0.05, 0.1) is 38.3 Å². The number of para-hydroxylation sites is 2. The molecule has 0 saturated heterocycles. The van der Waals surface area contributed by atoms with Gasteiger partial charge in [0.15, 0.2) is 5.16 Å². The molecule has 1 amide bonds. The number of rotatable bonds is 10. The number of nitro benzene ring substituents is 1. The first-order valence-electron chi connectivity index (χ1n) is 11.4. The number of aromatic nitrogens is 2. The van der Waals surface area contributed by atoms with Crippen LogP contribution >= 0.6 is 11.8 Å². The number of nitro groups is 1. The van der Waals surface area contributed by atoms with Crippen molar-refractivity contribution < 1.29 is 18.1 Å². The van der Waals surface area contributed by atoms with E-state index in [9.17, 15) is 28.1 Å². The molecule has 4 rings (SSSR count). The number of thioether (sulfide) groups is 1. The van der Waals surface area contributed by atoms with E-state index in [0.29, 0.717) is 22.5 Å². The summed E-state index contributed by atoms with van der Waals surface area (Å²) in [5.74, 6) is -0.621. The fraction of sp³-hybridized carbons (Fsp3) is 0.120. The molecule has 14 heteroatoms. The lowest BCUT2D eigenvalue weighted by atomic mass is 10.1. The summed E-state index contributed by atoms with van der Waals surface area (Å²) in [5.41, 5.74) is 3.40. The third-order valence-electron chi connectivity index (χ3n) is 5.56. The van der Waals surface area contributed by atoms with Gasteiger partial charge in [-0.1, -0.05) is 48.2 Å². The Hall–Kier alpha value is -4.40. The van der Waals surface area contributed by atoms with Gasteiger partial charge >= 0.3 is 0 Å². The van der Waals surface area contributed by atoms with Gasteiger partial charge in [-0.15, -0.1) is 0 Å². The molecule has 3 N–H and O–H groups in total. The van der Waals surface area contributed by atoms with Gasteiger partial charge < -0.3 is 0 Å². The van der Waals surface area contributed by atoms with E-state index >= 15 is 0 Å². The Morgan fingerprint density at radius 2 is 1.79 bits per heavy atom. The predicted molar refractivity (Wildman–Crippen MR) is 147 cm³/mol. The average Bonchev–Trinajstić information content (AvgIpc) is 2.91. The topological polar surface area (TPSA) is 180 Å². The van der Waals surface area contributed by atoms with Crippen LogP contribution in [0, 0.1) is 10.1 Å². The second-order valence-electron chi connectivity index (χ2n) is 8.21. The molecule has 0 spiro atoms. The van der Waals surface area contributed by atoms with Crippen LogP contribution in [0.3, 0.4) is 0 Å². The Labute approximate surface area is 226 Å². The molecule has 0 aliphatic rings. The number of primary sulfonamides is 1. The van der Waals surface area contributed by atoms with Crippen molar-refractivity contribution in [3.8, 4) is 0 Å². The van der Waals surface area contributed by atoms with E-state index in [1.54, 1.807) is 42.5 Å². The molecule has 0 unspecified atom stereocenters. The first kappa shape index (κ1) is 27.6. The average molecular weight is 567 g/mol. The molecule has 39 heavy (non-hydrogen) atoms. The lowest BCUT2D eigenvalue weighted by Gasteiger charge is -2.13. The number of fused-ring (bicyclic) bond motifs is 1. The van der Waals surface area contributed by atoms with Gasteiger partial charge in [-0.3, -0.25) is 24.3 Å². The zero-order valence-corrected chi connectivity index (χ0v) is 21.9. The number of amides is 1. The molecule has 1 aromatic heterocycles. The summed E-state index contributed by atoms with van der Waals surface area (Å²) in [6, 6.07) is 18.9. The van der Waals surface area contributed by atoms with Crippen LogP contribution in [-0.2, 0) is 27.8 Å². The van der Waals surface area contributed by atoms with Gasteiger partial charge in [0.2, 0.25) is 10.0 Å². The van der Waals surface area contributed by atoms with Crippen molar-refractivity contribution in [1.29, 1.82) is 0 Å². The number of nitrogens with one attached hydrogen (secondary N) is 1. The minimum absolute atomic E-state index is 0.0115. The molecule has 3 aromatic carbocycles. The van der Waals surface area contributed by atoms with Crippen molar-refractivity contribution in [2.75, 3.05) is 5.75 Å². The van der Waals surface area contributed by atoms with Crippen LogP contribution in [0.25, 0.3) is 10.9 Å². The minimum atomic E-state index is -3.81. The molecule has 12 nitrogen and oxygen atoms in total. The normalized spacial score (nSPS) is 11.6. The zero-order valence-electron chi connectivity index (χ0n) is 20.3. The van der Waals surface area contributed by atoms with E-state index in [0.717, 1.165) is 17.3 Å². The molecule has 1 heterocycles. The quantitative estimate of drug-likeness (QED) is 0.0965. The summed E-state index contributed by atoms with van der Waals surface area (Å²) in [5, 5.41) is 20.8. The Morgan fingerprint density at radius 1 is 1.10 bits per heavy atom. The highest BCUT2D eigenvalue weighted by Gasteiger charge is 2.14. The van der Waals surface area contributed by atoms with E-state index in [4.69, 9.17) is 5.14 Å². The second kappa shape index (κ2) is 12.0. The maximum absolute atomic E-state index is 13.3. The third-order valence-corrected chi connectivity index (χ3v) is 7.47. The highest BCUT2D eigenvalue weighted by atomic mass is 32.2. The van der Waals surface area contributed by atoms with Gasteiger partial charge in [-0.25, -0.2) is 24.0 Å². The lowest BCUT2D eigenvalue weighted by Crippen LogP contribution is -2.26. The summed E-state index contributed by atoms with van der Waals surface area (Å²) in [6.45, 7) is 0.227. The number of aryl methyl sites for hydroxylation is 1. The number of nitrogens with zero attached hydrogens (tertiary/aromatic N) is 4. The molecule has 0 aliphatic carbocycles. The summed E-state index contributed by atoms with van der Waals surface area (Å²) < 4.78 is 24.5. The van der Waals surface area contributed by atoms with Crippen LogP contribution in [-0.4, -0.2) is 40.8 Å². The molecule has 0 atom stereocenters. The maximum Gasteiger partial charge on any atom is 0.278 e. The second-order valence-corrected chi connectivity index (χ2v) is 10.7. The molecule has 0 aliphatic heterocycles. The summed E-state index contributed by atoms with van der Waals surface area (Å²) in [4.78, 5) is 40.8. The number of hydrogen-bond donors (Lipinski definition) is 2. The Bertz CT molecular complexity index is 1740. The van der Waals surface area contributed by atoms with Crippen molar-refractivity contribution in [2.45, 2.75) is 23.0 Å². The molecular formula is C25H22N6O6S2. The van der Waals surface area contributed by atoms with E-state index in [1.165, 1.54) is 41.1 Å². The maximum atomic E-state index is 13.3. The van der Waals surface area contributed by atoms with Gasteiger partial charge in [-0.05, 0) is 42.3 Å². The number of sulfonamides is 1. The van der Waals surface area contributed by atoms with Crippen LogP contribution in [0.15, 0.2) is 92.7 Å². The van der Waals surface area contributed by atoms with E-state index in [2.05, 4.69) is 15.5 Å². The molecule has 0 fully saturated rings. The Kier molecular flexibility index (Phi) is 8.49. The molecule has 0 bridgehead atoms. The summed E-state index contributed by atoms with van der Waals surface area (Å²) >= 11 is 1.04. The number of nitrogens with two attached hydrogens (primary N) is 1. The summed E-state index contributed by atoms with van der Waals surface area (Å²) in [7, 11) is -3.81. The molecule has 0 saturated carbocycles. The van der Waals surface area contributed by atoms with Gasteiger partial charge in [0.1, 0.15) is 0 Å². The Balaban J connectivity index is 1.49. The molecule has 200 valence electrons. The van der Waals surface area contributed by atoms with Gasteiger partial charge in [0.25, 0.3) is 17.2 Å². The zero-order chi connectivity index (χ0) is 28.0. The highest BCUT2D eigenvalue weighted by molar-refractivity contribution is 7.99. The molecule has 0 radical (unpaired) electrons. The minimum Gasteiger partial charge on any atom is -0.287 e. The lowest BCUT2D eigenvalue weighted by molar-refractivity contribution is -0.385. The third kappa shape index (κ3) is 6.93. The monoisotopic (exact) mass is 566 g/mol. The fourth-order valence-electron chi connectivity index (χ4n) is 3.64. The van der Waals surface area contributed by atoms with Crippen LogP contribution in [0.1, 0.15) is 11.1 Å². The first-order valence-corrected chi connectivity index (χ1v) is 14.0. The van der Waals surface area contributed by atoms with E-state index in [-0.39, 0.29) is 34.0 Å². The van der Waals surface area contributed by atoms with Crippen LogP contribution in [0.2, 0.25) is 0 Å². The standard InChI is InChI=1S/C25H22N6O6S2/c26-39(36,37)19-11-9-17(10-12-19)13-14-30-24(33)20-6-2-3-7-21(20)28-25(30)38-16-23(32)29-27-15-18-5-1-4-8-22(18)31(34)35/h1-12,15H,13-14,16H2,(H,29,32)(H2,26,36,37)/b27-15+. The largest absolute Gasteiger partial charge is 0.287 e. The summed E-state index contributed by atoms with van der Waals surface area (Å²) in [6.07, 6.45) is 1.58. The van der Waals surface area contributed by atoms with E-state index < -0.39 is 20.9 Å². The molecule has 4 aromatic rings. The van der Waals surface area contributed by atoms with Gasteiger partial charge in [-0.2, -0.15) is 5.10 Å². The van der Waals surface area contributed by atoms with Gasteiger partial charge in [0, 0.05) is 12.6 Å². The number of hydrazone groups is 1. The number of hydrogen-bond acceptors (Lipinski definition) is 9. The van der Waals surface area contributed by atoms with Crippen molar-refractivity contribution >= 4 is 50.5 Å². The van der Waals surface area contributed by atoms with Crippen molar-refractivity contribution in [3.63, 3.8) is 0 Å². The van der Waals surface area contributed by atoms with Crippen molar-refractivity contribution in [3.05, 3.63) is 104 Å². The first-order chi connectivity index (χ1) is 18.6. The van der Waals surface area contributed by atoms with E-state index in [1.807, 2.05) is 0 Å². The Morgan fingerprint density at radius 3 is 2.51 bits per heavy atom. The number of benzene rings is 3. The predicted octanol–water partition coefficient (Wildman–Crippen LogP) is 2.44. The van der Waals surface area contributed by atoms with Crippen molar-refractivity contribution in [1.82, 2.24) is 15.0 Å².